The summed E-state index contributed by atoms with van der Waals surface area (Å²) in [5.74, 6) is -0.384. The zero-order valence-electron chi connectivity index (χ0n) is 8.26. The van der Waals surface area contributed by atoms with E-state index in [1.807, 2.05) is 0 Å². The summed E-state index contributed by atoms with van der Waals surface area (Å²) in [4.78, 5) is 10.7. The van der Waals surface area contributed by atoms with Crippen LogP contribution < -0.4 is 0 Å². The molecule has 0 aromatic carbocycles. The summed E-state index contributed by atoms with van der Waals surface area (Å²) in [6.45, 7) is 1.59. The van der Waals surface area contributed by atoms with E-state index in [9.17, 15) is 9.90 Å². The number of aliphatic hydroxyl groups is 1. The predicted molar refractivity (Wildman–Crippen MR) is 51.7 cm³/mol. The zero-order valence-corrected chi connectivity index (χ0v) is 8.26. The van der Waals surface area contributed by atoms with Gasteiger partial charge in [0, 0.05) is 0 Å². The summed E-state index contributed by atoms with van der Waals surface area (Å²) >= 11 is 0. The van der Waals surface area contributed by atoms with Crippen molar-refractivity contribution in [2.24, 2.45) is 23.7 Å². The fraction of sp³-hybridized carbons (Fsp3) is 0.727. The number of allylic oxidation sites excluding steroid dienone is 2. The second kappa shape index (κ2) is 3.39. The van der Waals surface area contributed by atoms with Crippen LogP contribution in [0.15, 0.2) is 12.2 Å². The highest BCUT2D eigenvalue weighted by Crippen LogP contribution is 2.46. The second-order valence-corrected chi connectivity index (χ2v) is 4.56. The minimum Gasteiger partial charge on any atom is -0.481 e. The van der Waals surface area contributed by atoms with Gasteiger partial charge in [0.25, 0.3) is 0 Å². The second-order valence-electron chi connectivity index (χ2n) is 4.56. The largest absolute Gasteiger partial charge is 0.481 e. The molecular formula is C11H16O3. The van der Waals surface area contributed by atoms with Gasteiger partial charge in [0.15, 0.2) is 0 Å². The number of aliphatic carboxylic acids is 1. The van der Waals surface area contributed by atoms with Crippen LogP contribution >= 0.6 is 0 Å². The summed E-state index contributed by atoms with van der Waals surface area (Å²) < 4.78 is 0. The lowest BCUT2D eigenvalue weighted by Crippen LogP contribution is -2.34. The molecule has 1 fully saturated rings. The molecule has 3 heteroatoms. The summed E-state index contributed by atoms with van der Waals surface area (Å²) in [5.41, 5.74) is 0. The number of aliphatic hydroxyl groups excluding tert-OH is 1. The zero-order chi connectivity index (χ0) is 10.3. The van der Waals surface area contributed by atoms with E-state index >= 15 is 0 Å². The van der Waals surface area contributed by atoms with Gasteiger partial charge in [0.05, 0.1) is 12.0 Å². The molecule has 2 aliphatic rings. The Kier molecular flexibility index (Phi) is 2.35. The SMILES string of the molecule is CC(C(=O)O)C(O)C1CC2C=CC1C2. The smallest absolute Gasteiger partial charge is 0.308 e. The third-order valence-electron chi connectivity index (χ3n) is 3.67. The Hall–Kier alpha value is -0.830. The first-order valence-electron chi connectivity index (χ1n) is 5.18. The highest BCUT2D eigenvalue weighted by atomic mass is 16.4. The van der Waals surface area contributed by atoms with Crippen molar-refractivity contribution in [1.82, 2.24) is 0 Å². The van der Waals surface area contributed by atoms with E-state index in [-0.39, 0.29) is 5.92 Å². The van der Waals surface area contributed by atoms with Crippen molar-refractivity contribution in [3.8, 4) is 0 Å². The van der Waals surface area contributed by atoms with E-state index < -0.39 is 18.0 Å². The van der Waals surface area contributed by atoms with Gasteiger partial charge in [-0.1, -0.05) is 12.2 Å². The average molecular weight is 196 g/mol. The molecule has 0 heterocycles. The van der Waals surface area contributed by atoms with Crippen LogP contribution in [0.4, 0.5) is 0 Å². The molecular weight excluding hydrogens is 180 g/mol. The van der Waals surface area contributed by atoms with Crippen LogP contribution in [0, 0.1) is 23.7 Å². The lowest BCUT2D eigenvalue weighted by Gasteiger charge is -2.26. The van der Waals surface area contributed by atoms with E-state index in [1.54, 1.807) is 6.92 Å². The maximum absolute atomic E-state index is 10.7. The lowest BCUT2D eigenvalue weighted by atomic mass is 9.83. The Morgan fingerprint density at radius 3 is 2.57 bits per heavy atom. The molecule has 0 aliphatic heterocycles. The number of carbonyl (C=O) groups is 1. The molecule has 0 aromatic heterocycles. The molecule has 0 amide bonds. The maximum Gasteiger partial charge on any atom is 0.308 e. The Morgan fingerprint density at radius 2 is 2.14 bits per heavy atom. The molecule has 78 valence electrons. The highest BCUT2D eigenvalue weighted by molar-refractivity contribution is 5.70. The first-order chi connectivity index (χ1) is 6.59. The Labute approximate surface area is 83.4 Å². The van der Waals surface area contributed by atoms with Gasteiger partial charge in [0.2, 0.25) is 0 Å². The van der Waals surface area contributed by atoms with Crippen molar-refractivity contribution >= 4 is 5.97 Å². The van der Waals surface area contributed by atoms with E-state index in [2.05, 4.69) is 12.2 Å². The molecule has 2 bridgehead atoms. The van der Waals surface area contributed by atoms with E-state index in [1.165, 1.54) is 0 Å². The number of fused-ring (bicyclic) bond motifs is 2. The molecule has 0 saturated heterocycles. The summed E-state index contributed by atoms with van der Waals surface area (Å²) in [5, 5.41) is 18.7. The third-order valence-corrected chi connectivity index (χ3v) is 3.67. The monoisotopic (exact) mass is 196 g/mol. The van der Waals surface area contributed by atoms with Gasteiger partial charge in [-0.2, -0.15) is 0 Å². The number of carboxylic acids is 1. The van der Waals surface area contributed by atoms with Crippen molar-refractivity contribution in [2.75, 3.05) is 0 Å². The maximum atomic E-state index is 10.7. The molecule has 1 saturated carbocycles. The summed E-state index contributed by atoms with van der Waals surface area (Å²) in [6, 6.07) is 0. The first kappa shape index (κ1) is 9.71. The molecule has 2 N–H and O–H groups in total. The minimum atomic E-state index is -0.899. The lowest BCUT2D eigenvalue weighted by molar-refractivity contribution is -0.146. The quantitative estimate of drug-likeness (QED) is 0.668. The number of hydrogen-bond acceptors (Lipinski definition) is 2. The molecule has 2 rings (SSSR count). The fourth-order valence-electron chi connectivity index (χ4n) is 2.73. The van der Waals surface area contributed by atoms with E-state index in [4.69, 9.17) is 5.11 Å². The van der Waals surface area contributed by atoms with Crippen molar-refractivity contribution < 1.29 is 15.0 Å². The van der Waals surface area contributed by atoms with Crippen LogP contribution in [0.3, 0.4) is 0 Å². The third kappa shape index (κ3) is 1.46. The van der Waals surface area contributed by atoms with Gasteiger partial charge in [-0.25, -0.2) is 0 Å². The van der Waals surface area contributed by atoms with Crippen molar-refractivity contribution in [1.29, 1.82) is 0 Å². The topological polar surface area (TPSA) is 57.5 Å². The average Bonchev–Trinajstić information content (AvgIpc) is 2.76. The van der Waals surface area contributed by atoms with Crippen LogP contribution in [-0.4, -0.2) is 22.3 Å². The van der Waals surface area contributed by atoms with Crippen LogP contribution in [0.25, 0.3) is 0 Å². The number of hydrogen-bond donors (Lipinski definition) is 2. The van der Waals surface area contributed by atoms with Gasteiger partial charge in [-0.3, -0.25) is 4.79 Å². The molecule has 14 heavy (non-hydrogen) atoms. The van der Waals surface area contributed by atoms with E-state index in [0.717, 1.165) is 12.8 Å². The van der Waals surface area contributed by atoms with Crippen LogP contribution in [0.5, 0.6) is 0 Å². The Balaban J connectivity index is 2.02. The van der Waals surface area contributed by atoms with Crippen molar-refractivity contribution in [2.45, 2.75) is 25.9 Å². The van der Waals surface area contributed by atoms with Gasteiger partial charge in [-0.15, -0.1) is 0 Å². The molecule has 0 spiro atoms. The Bertz CT molecular complexity index is 272. The molecule has 3 nitrogen and oxygen atoms in total. The highest BCUT2D eigenvalue weighted by Gasteiger charge is 2.42. The molecule has 2 aliphatic carbocycles. The van der Waals surface area contributed by atoms with Crippen LogP contribution in [0.2, 0.25) is 0 Å². The molecule has 0 aromatic rings. The van der Waals surface area contributed by atoms with Crippen LogP contribution in [0.1, 0.15) is 19.8 Å². The standard InChI is InChI=1S/C11H16O3/c1-6(11(13)14)10(12)9-5-7-2-3-8(9)4-7/h2-3,6-10,12H,4-5H2,1H3,(H,13,14). The van der Waals surface area contributed by atoms with E-state index in [0.29, 0.717) is 11.8 Å². The number of rotatable bonds is 3. The van der Waals surface area contributed by atoms with Crippen LogP contribution in [-0.2, 0) is 4.79 Å². The van der Waals surface area contributed by atoms with Gasteiger partial charge in [0.1, 0.15) is 0 Å². The minimum absolute atomic E-state index is 0.163. The summed E-state index contributed by atoms with van der Waals surface area (Å²) in [6.07, 6.45) is 5.71. The molecule has 5 unspecified atom stereocenters. The fourth-order valence-corrected chi connectivity index (χ4v) is 2.73. The predicted octanol–water partition coefficient (Wildman–Crippen LogP) is 1.28. The first-order valence-corrected chi connectivity index (χ1v) is 5.18. The molecule has 5 atom stereocenters. The van der Waals surface area contributed by atoms with Gasteiger partial charge >= 0.3 is 5.97 Å². The van der Waals surface area contributed by atoms with Crippen molar-refractivity contribution in [3.63, 3.8) is 0 Å². The number of carboxylic acid groups (broad SMARTS) is 1. The Morgan fingerprint density at radius 1 is 1.43 bits per heavy atom. The van der Waals surface area contributed by atoms with Gasteiger partial charge < -0.3 is 10.2 Å². The van der Waals surface area contributed by atoms with Gasteiger partial charge in [-0.05, 0) is 37.5 Å². The molecule has 0 radical (unpaired) electrons. The summed E-state index contributed by atoms with van der Waals surface area (Å²) in [7, 11) is 0. The normalized spacial score (nSPS) is 38.6. The van der Waals surface area contributed by atoms with Crippen molar-refractivity contribution in [3.05, 3.63) is 12.2 Å².